The van der Waals surface area contributed by atoms with Gasteiger partial charge in [0.05, 0.1) is 17.6 Å². The van der Waals surface area contributed by atoms with Gasteiger partial charge in [-0.15, -0.1) is 0 Å². The first-order chi connectivity index (χ1) is 13.1. The van der Waals surface area contributed by atoms with Crippen LogP contribution in [0, 0.1) is 6.92 Å². The number of nitrogens with zero attached hydrogens (tertiary/aromatic N) is 4. The highest BCUT2D eigenvalue weighted by atomic mass is 32.2. The van der Waals surface area contributed by atoms with Crippen molar-refractivity contribution in [2.75, 3.05) is 36.5 Å². The highest BCUT2D eigenvalue weighted by Crippen LogP contribution is 2.36. The molecule has 0 aromatic carbocycles. The van der Waals surface area contributed by atoms with Gasteiger partial charge in [0.25, 0.3) is 0 Å². The van der Waals surface area contributed by atoms with Crippen LogP contribution in [0.25, 0.3) is 11.0 Å². The highest BCUT2D eigenvalue weighted by molar-refractivity contribution is 7.99. The van der Waals surface area contributed by atoms with Crippen LogP contribution in [0.15, 0.2) is 12.3 Å². The van der Waals surface area contributed by atoms with E-state index in [1.54, 1.807) is 10.9 Å². The van der Waals surface area contributed by atoms with Crippen molar-refractivity contribution in [1.29, 1.82) is 0 Å². The molecular weight excluding hydrogens is 360 g/mol. The highest BCUT2D eigenvalue weighted by Gasteiger charge is 2.40. The second-order valence-electron chi connectivity index (χ2n) is 7.64. The summed E-state index contributed by atoms with van der Waals surface area (Å²) in [5.74, 6) is 2.40. The molecule has 1 aliphatic heterocycles. The van der Waals surface area contributed by atoms with Gasteiger partial charge in [-0.2, -0.15) is 16.9 Å². The number of aromatic nitrogens is 3. The lowest BCUT2D eigenvalue weighted by Gasteiger charge is -2.43. The summed E-state index contributed by atoms with van der Waals surface area (Å²) in [4.78, 5) is 19.6. The lowest BCUT2D eigenvalue weighted by Crippen LogP contribution is -2.56. The maximum Gasteiger partial charge on any atom is 0.319 e. The van der Waals surface area contributed by atoms with E-state index < -0.39 is 0 Å². The lowest BCUT2D eigenvalue weighted by atomic mass is 9.94. The Morgan fingerprint density at radius 2 is 2.04 bits per heavy atom. The zero-order valence-corrected chi connectivity index (χ0v) is 16.9. The molecule has 1 saturated carbocycles. The largest absolute Gasteiger partial charge is 0.336 e. The molecule has 2 aromatic heterocycles. The summed E-state index contributed by atoms with van der Waals surface area (Å²) >= 11 is 2.03. The second-order valence-corrected chi connectivity index (χ2v) is 8.87. The first-order valence-electron chi connectivity index (χ1n) is 9.74. The number of anilines is 1. The summed E-state index contributed by atoms with van der Waals surface area (Å²) < 4.78 is 1.76. The van der Waals surface area contributed by atoms with Crippen molar-refractivity contribution in [3.05, 3.63) is 18.0 Å². The number of pyridine rings is 1. The summed E-state index contributed by atoms with van der Waals surface area (Å²) in [6.07, 6.45) is 6.57. The molecule has 0 spiro atoms. The van der Waals surface area contributed by atoms with E-state index in [0.717, 1.165) is 29.8 Å². The SMILES string of the molecule is Cc1nn(C)c2ncc(NC(=O)NCC3(N4CCSCC4)CCCC3)cc12. The van der Waals surface area contributed by atoms with Crippen molar-refractivity contribution in [2.45, 2.75) is 38.1 Å². The van der Waals surface area contributed by atoms with Gasteiger partial charge < -0.3 is 10.6 Å². The topological polar surface area (TPSA) is 75.1 Å². The number of fused-ring (bicyclic) bond motifs is 1. The van der Waals surface area contributed by atoms with Gasteiger partial charge in [0, 0.05) is 49.1 Å². The molecular formula is C19H28N6OS. The Balaban J connectivity index is 1.40. The van der Waals surface area contributed by atoms with Gasteiger partial charge >= 0.3 is 6.03 Å². The number of aryl methyl sites for hydroxylation is 2. The van der Waals surface area contributed by atoms with Crippen LogP contribution < -0.4 is 10.6 Å². The maximum atomic E-state index is 12.5. The zero-order valence-electron chi connectivity index (χ0n) is 16.1. The minimum absolute atomic E-state index is 0.139. The fourth-order valence-corrected chi connectivity index (χ4v) is 5.38. The van der Waals surface area contributed by atoms with Crippen molar-refractivity contribution in [1.82, 2.24) is 25.0 Å². The Kier molecular flexibility index (Phi) is 5.27. The number of amides is 2. The monoisotopic (exact) mass is 388 g/mol. The van der Waals surface area contributed by atoms with E-state index in [1.165, 1.54) is 37.2 Å². The third kappa shape index (κ3) is 3.78. The molecule has 0 bridgehead atoms. The molecule has 7 nitrogen and oxygen atoms in total. The van der Waals surface area contributed by atoms with Crippen LogP contribution in [0.3, 0.4) is 0 Å². The van der Waals surface area contributed by atoms with Crippen LogP contribution in [0.1, 0.15) is 31.4 Å². The van der Waals surface area contributed by atoms with E-state index in [0.29, 0.717) is 12.2 Å². The molecule has 2 amide bonds. The summed E-state index contributed by atoms with van der Waals surface area (Å²) in [5.41, 5.74) is 2.58. The zero-order chi connectivity index (χ0) is 18.9. The van der Waals surface area contributed by atoms with Crippen molar-refractivity contribution in [3.63, 3.8) is 0 Å². The van der Waals surface area contributed by atoms with E-state index in [-0.39, 0.29) is 11.6 Å². The number of thioether (sulfide) groups is 1. The number of urea groups is 1. The third-order valence-corrected chi connectivity index (χ3v) is 6.86. The third-order valence-electron chi connectivity index (χ3n) is 5.92. The summed E-state index contributed by atoms with van der Waals surface area (Å²) in [6.45, 7) is 4.93. The van der Waals surface area contributed by atoms with E-state index in [1.807, 2.05) is 31.8 Å². The predicted molar refractivity (Wildman–Crippen MR) is 110 cm³/mol. The van der Waals surface area contributed by atoms with Gasteiger partial charge in [-0.3, -0.25) is 9.58 Å². The van der Waals surface area contributed by atoms with Crippen LogP contribution >= 0.6 is 11.8 Å². The molecule has 2 aromatic rings. The summed E-state index contributed by atoms with van der Waals surface area (Å²) in [7, 11) is 1.88. The molecule has 0 radical (unpaired) electrons. The van der Waals surface area contributed by atoms with E-state index >= 15 is 0 Å². The van der Waals surface area contributed by atoms with Gasteiger partial charge in [-0.05, 0) is 25.8 Å². The number of hydrogen-bond acceptors (Lipinski definition) is 5. The number of carbonyl (C=O) groups is 1. The molecule has 4 rings (SSSR count). The van der Waals surface area contributed by atoms with E-state index in [4.69, 9.17) is 0 Å². The lowest BCUT2D eigenvalue weighted by molar-refractivity contribution is 0.105. The van der Waals surface area contributed by atoms with Crippen molar-refractivity contribution >= 4 is 34.5 Å². The van der Waals surface area contributed by atoms with Gasteiger partial charge in [-0.25, -0.2) is 9.78 Å². The number of nitrogens with one attached hydrogen (secondary N) is 2. The Bertz CT molecular complexity index is 823. The molecule has 2 fully saturated rings. The summed E-state index contributed by atoms with van der Waals surface area (Å²) in [6, 6.07) is 1.78. The molecule has 146 valence electrons. The van der Waals surface area contributed by atoms with Crippen LogP contribution in [0.4, 0.5) is 10.5 Å². The number of rotatable bonds is 4. The second kappa shape index (κ2) is 7.67. The molecule has 8 heteroatoms. The normalized spacial score (nSPS) is 20.1. The van der Waals surface area contributed by atoms with Crippen molar-refractivity contribution in [2.24, 2.45) is 7.05 Å². The Morgan fingerprint density at radius 1 is 1.30 bits per heavy atom. The first kappa shape index (κ1) is 18.6. The molecule has 2 aliphatic rings. The average Bonchev–Trinajstić information content (AvgIpc) is 3.27. The van der Waals surface area contributed by atoms with E-state index in [9.17, 15) is 4.79 Å². The van der Waals surface area contributed by atoms with Crippen molar-refractivity contribution in [3.8, 4) is 0 Å². The Labute approximate surface area is 164 Å². The molecule has 0 unspecified atom stereocenters. The maximum absolute atomic E-state index is 12.5. The molecule has 0 atom stereocenters. The van der Waals surface area contributed by atoms with Gasteiger partial charge in [0.15, 0.2) is 5.65 Å². The molecule has 2 N–H and O–H groups in total. The van der Waals surface area contributed by atoms with Gasteiger partial charge in [0.2, 0.25) is 0 Å². The van der Waals surface area contributed by atoms with Crippen LogP contribution in [-0.4, -0.2) is 62.4 Å². The Morgan fingerprint density at radius 3 is 2.78 bits per heavy atom. The quantitative estimate of drug-likeness (QED) is 0.842. The van der Waals surface area contributed by atoms with Gasteiger partial charge in [0.1, 0.15) is 0 Å². The molecule has 1 aliphatic carbocycles. The first-order valence-corrected chi connectivity index (χ1v) is 10.9. The van der Waals surface area contributed by atoms with Crippen LogP contribution in [0.5, 0.6) is 0 Å². The molecule has 27 heavy (non-hydrogen) atoms. The number of hydrogen-bond donors (Lipinski definition) is 2. The fourth-order valence-electron chi connectivity index (χ4n) is 4.47. The minimum atomic E-state index is -0.157. The van der Waals surface area contributed by atoms with Crippen molar-refractivity contribution < 1.29 is 4.79 Å². The average molecular weight is 389 g/mol. The predicted octanol–water partition coefficient (Wildman–Crippen LogP) is 2.76. The standard InChI is InChI=1S/C19H28N6OS/c1-14-16-11-15(12-20-17(16)24(2)23-14)22-18(26)21-13-19(5-3-4-6-19)25-7-9-27-10-8-25/h11-12H,3-10,13H2,1-2H3,(H2,21,22,26). The molecule has 3 heterocycles. The van der Waals surface area contributed by atoms with Crippen LogP contribution in [-0.2, 0) is 7.05 Å². The minimum Gasteiger partial charge on any atom is -0.336 e. The van der Waals surface area contributed by atoms with Crippen LogP contribution in [0.2, 0.25) is 0 Å². The fraction of sp³-hybridized carbons (Fsp3) is 0.632. The smallest absolute Gasteiger partial charge is 0.319 e. The van der Waals surface area contributed by atoms with Gasteiger partial charge in [-0.1, -0.05) is 12.8 Å². The number of carbonyl (C=O) groups excluding carboxylic acids is 1. The van der Waals surface area contributed by atoms with E-state index in [2.05, 4.69) is 25.6 Å². The Hall–Kier alpha value is -1.80. The summed E-state index contributed by atoms with van der Waals surface area (Å²) in [5, 5.41) is 11.4. The molecule has 1 saturated heterocycles.